The number of halogens is 1. The summed E-state index contributed by atoms with van der Waals surface area (Å²) in [7, 11) is 0. The highest BCUT2D eigenvalue weighted by Gasteiger charge is 1.96. The first kappa shape index (κ1) is 10.0. The third-order valence-corrected chi connectivity index (χ3v) is 3.25. The minimum absolute atomic E-state index is 1.23. The molecule has 0 aliphatic rings. The first-order chi connectivity index (χ1) is 5.74. The van der Waals surface area contributed by atoms with Crippen LogP contribution in [0.25, 0.3) is 0 Å². The number of hydrogen-bond acceptors (Lipinski definition) is 0. The van der Waals surface area contributed by atoms with Crippen LogP contribution in [0.3, 0.4) is 0 Å². The molecule has 0 fully saturated rings. The minimum Gasteiger partial charge on any atom is -0.0654 e. The molecule has 1 aromatic carbocycles. The first-order valence-electron chi connectivity index (χ1n) is 4.49. The second kappa shape index (κ2) is 4.85. The van der Waals surface area contributed by atoms with Crippen molar-refractivity contribution in [3.63, 3.8) is 0 Å². The maximum absolute atomic E-state index is 2.38. The number of unbranched alkanes of at least 4 members (excludes halogenated alkanes) is 1. The molecule has 0 N–H and O–H groups in total. The van der Waals surface area contributed by atoms with Gasteiger partial charge >= 0.3 is 0 Å². The molecule has 0 bridgehead atoms. The average molecular weight is 274 g/mol. The van der Waals surface area contributed by atoms with E-state index in [9.17, 15) is 0 Å². The van der Waals surface area contributed by atoms with Gasteiger partial charge in [0.15, 0.2) is 0 Å². The molecule has 1 rings (SSSR count). The lowest BCUT2D eigenvalue weighted by Gasteiger charge is -2.02. The highest BCUT2D eigenvalue weighted by molar-refractivity contribution is 14.1. The van der Waals surface area contributed by atoms with Crippen LogP contribution in [-0.2, 0) is 6.42 Å². The van der Waals surface area contributed by atoms with Crippen LogP contribution >= 0.6 is 22.6 Å². The van der Waals surface area contributed by atoms with Gasteiger partial charge in [0.1, 0.15) is 0 Å². The van der Waals surface area contributed by atoms with Gasteiger partial charge in [-0.2, -0.15) is 0 Å². The number of aryl methyl sites for hydroxylation is 2. The van der Waals surface area contributed by atoms with Gasteiger partial charge < -0.3 is 0 Å². The molecule has 0 aromatic heterocycles. The predicted molar refractivity (Wildman–Crippen MR) is 62.5 cm³/mol. The van der Waals surface area contributed by atoms with Crippen LogP contribution in [0.4, 0.5) is 0 Å². The van der Waals surface area contributed by atoms with Gasteiger partial charge in [0.05, 0.1) is 0 Å². The van der Waals surface area contributed by atoms with E-state index in [0.29, 0.717) is 0 Å². The molecule has 0 aliphatic heterocycles. The van der Waals surface area contributed by atoms with E-state index in [0.717, 1.165) is 0 Å². The lowest BCUT2D eigenvalue weighted by molar-refractivity contribution is 0.794. The summed E-state index contributed by atoms with van der Waals surface area (Å²) in [4.78, 5) is 0. The normalized spacial score (nSPS) is 10.2. The molecule has 0 saturated carbocycles. The van der Waals surface area contributed by atoms with Crippen molar-refractivity contribution in [2.24, 2.45) is 0 Å². The van der Waals surface area contributed by atoms with Crippen molar-refractivity contribution in [3.8, 4) is 0 Å². The Hall–Kier alpha value is -0.0500. The molecule has 12 heavy (non-hydrogen) atoms. The third kappa shape index (κ3) is 2.77. The molecule has 1 aromatic rings. The number of benzene rings is 1. The zero-order valence-electron chi connectivity index (χ0n) is 7.73. The Morgan fingerprint density at radius 1 is 1.33 bits per heavy atom. The maximum Gasteiger partial charge on any atom is 0.0159 e. The molecule has 0 radical (unpaired) electrons. The summed E-state index contributed by atoms with van der Waals surface area (Å²) in [5, 5.41) is 0. The van der Waals surface area contributed by atoms with Crippen LogP contribution in [0, 0.1) is 10.5 Å². The van der Waals surface area contributed by atoms with Gasteiger partial charge in [-0.25, -0.2) is 0 Å². The van der Waals surface area contributed by atoms with Gasteiger partial charge in [0.2, 0.25) is 0 Å². The molecule has 0 saturated heterocycles. The quantitative estimate of drug-likeness (QED) is 0.732. The molecular formula is C11H15I. The second-order valence-corrected chi connectivity index (χ2v) is 4.35. The SMILES string of the molecule is CCCCc1ccc(I)c(C)c1. The molecule has 0 atom stereocenters. The molecule has 0 nitrogen and oxygen atoms in total. The third-order valence-electron chi connectivity index (χ3n) is 2.04. The maximum atomic E-state index is 2.38. The minimum atomic E-state index is 1.23. The van der Waals surface area contributed by atoms with Crippen molar-refractivity contribution in [1.82, 2.24) is 0 Å². The molecule has 0 aliphatic carbocycles. The summed E-state index contributed by atoms with van der Waals surface area (Å²) in [6.07, 6.45) is 3.82. The largest absolute Gasteiger partial charge is 0.0654 e. The van der Waals surface area contributed by atoms with Crippen molar-refractivity contribution >= 4 is 22.6 Å². The zero-order chi connectivity index (χ0) is 8.97. The number of rotatable bonds is 3. The summed E-state index contributed by atoms with van der Waals surface area (Å²) in [6, 6.07) is 6.75. The van der Waals surface area contributed by atoms with Gasteiger partial charge in [-0.3, -0.25) is 0 Å². The van der Waals surface area contributed by atoms with Crippen LogP contribution in [0.15, 0.2) is 18.2 Å². The first-order valence-corrected chi connectivity index (χ1v) is 5.57. The van der Waals surface area contributed by atoms with Gasteiger partial charge in [-0.15, -0.1) is 0 Å². The van der Waals surface area contributed by atoms with Crippen molar-refractivity contribution in [1.29, 1.82) is 0 Å². The standard InChI is InChI=1S/C11H15I/c1-3-4-5-10-6-7-11(12)9(2)8-10/h6-8H,3-5H2,1-2H3. The van der Waals surface area contributed by atoms with Gasteiger partial charge in [0.25, 0.3) is 0 Å². The lowest BCUT2D eigenvalue weighted by atomic mass is 10.1. The van der Waals surface area contributed by atoms with E-state index in [1.54, 1.807) is 0 Å². The topological polar surface area (TPSA) is 0 Å². The Morgan fingerprint density at radius 3 is 2.67 bits per heavy atom. The molecule has 66 valence electrons. The molecular weight excluding hydrogens is 259 g/mol. The Bertz CT molecular complexity index is 253. The van der Waals surface area contributed by atoms with Crippen molar-refractivity contribution in [3.05, 3.63) is 32.9 Å². The van der Waals surface area contributed by atoms with Crippen molar-refractivity contribution < 1.29 is 0 Å². The van der Waals surface area contributed by atoms with Crippen LogP contribution in [0.5, 0.6) is 0 Å². The average Bonchev–Trinajstić information content (AvgIpc) is 2.07. The summed E-state index contributed by atoms with van der Waals surface area (Å²) in [6.45, 7) is 4.41. The zero-order valence-corrected chi connectivity index (χ0v) is 9.89. The van der Waals surface area contributed by atoms with E-state index < -0.39 is 0 Å². The van der Waals surface area contributed by atoms with Gasteiger partial charge in [-0.05, 0) is 59.5 Å². The monoisotopic (exact) mass is 274 g/mol. The van der Waals surface area contributed by atoms with Gasteiger partial charge in [0, 0.05) is 3.57 Å². The fraction of sp³-hybridized carbons (Fsp3) is 0.455. The van der Waals surface area contributed by atoms with E-state index in [4.69, 9.17) is 0 Å². The second-order valence-electron chi connectivity index (χ2n) is 3.19. The Morgan fingerprint density at radius 2 is 2.08 bits per heavy atom. The molecule has 0 heterocycles. The van der Waals surface area contributed by atoms with Gasteiger partial charge in [-0.1, -0.05) is 25.5 Å². The van der Waals surface area contributed by atoms with Crippen LogP contribution < -0.4 is 0 Å². The Kier molecular flexibility index (Phi) is 4.06. The van der Waals surface area contributed by atoms with Crippen molar-refractivity contribution in [2.75, 3.05) is 0 Å². The molecule has 0 spiro atoms. The van der Waals surface area contributed by atoms with Crippen LogP contribution in [0.1, 0.15) is 30.9 Å². The van der Waals surface area contributed by atoms with E-state index in [1.807, 2.05) is 0 Å². The summed E-state index contributed by atoms with van der Waals surface area (Å²) in [5.74, 6) is 0. The highest BCUT2D eigenvalue weighted by Crippen LogP contribution is 2.14. The molecule has 0 amide bonds. The van der Waals surface area contributed by atoms with Crippen LogP contribution in [-0.4, -0.2) is 0 Å². The van der Waals surface area contributed by atoms with E-state index in [2.05, 4.69) is 54.6 Å². The van der Waals surface area contributed by atoms with Crippen molar-refractivity contribution in [2.45, 2.75) is 33.1 Å². The summed E-state index contributed by atoms with van der Waals surface area (Å²) < 4.78 is 1.37. The van der Waals surface area contributed by atoms with Crippen LogP contribution in [0.2, 0.25) is 0 Å². The lowest BCUT2D eigenvalue weighted by Crippen LogP contribution is -1.87. The number of hydrogen-bond donors (Lipinski definition) is 0. The summed E-state index contributed by atoms with van der Waals surface area (Å²) >= 11 is 2.38. The fourth-order valence-corrected chi connectivity index (χ4v) is 1.58. The highest BCUT2D eigenvalue weighted by atomic mass is 127. The summed E-state index contributed by atoms with van der Waals surface area (Å²) in [5.41, 5.74) is 2.89. The smallest absolute Gasteiger partial charge is 0.0159 e. The fourth-order valence-electron chi connectivity index (χ4n) is 1.24. The molecule has 0 unspecified atom stereocenters. The Balaban J connectivity index is 2.69. The predicted octanol–water partition coefficient (Wildman–Crippen LogP) is 3.94. The Labute approximate surface area is 88.5 Å². The van der Waals surface area contributed by atoms with E-state index in [-0.39, 0.29) is 0 Å². The van der Waals surface area contributed by atoms with E-state index in [1.165, 1.54) is 34.0 Å². The van der Waals surface area contributed by atoms with E-state index >= 15 is 0 Å². The molecule has 1 heteroatoms.